The van der Waals surface area contributed by atoms with Crippen LogP contribution in [-0.2, 0) is 16.3 Å². The maximum absolute atomic E-state index is 11.4. The Bertz CT molecular complexity index is 767. The number of hydrogen-bond donors (Lipinski definition) is 0. The van der Waals surface area contributed by atoms with Gasteiger partial charge in [-0.05, 0) is 29.8 Å². The zero-order valence-corrected chi connectivity index (χ0v) is 14.0. The van der Waals surface area contributed by atoms with Crippen molar-refractivity contribution < 1.29 is 13.2 Å². The van der Waals surface area contributed by atoms with Crippen molar-refractivity contribution in [3.8, 4) is 17.6 Å². The molecule has 0 aromatic heterocycles. The van der Waals surface area contributed by atoms with Crippen molar-refractivity contribution in [1.29, 1.82) is 0 Å². The fourth-order valence-corrected chi connectivity index (χ4v) is 2.41. The highest BCUT2D eigenvalue weighted by Gasteiger charge is 2.03. The molecule has 2 aromatic carbocycles. The molecule has 0 N–H and O–H groups in total. The molecule has 0 radical (unpaired) electrons. The molecule has 0 heterocycles. The Kier molecular flexibility index (Phi) is 6.25. The van der Waals surface area contributed by atoms with E-state index in [9.17, 15) is 8.42 Å². The van der Waals surface area contributed by atoms with Gasteiger partial charge < -0.3 is 4.74 Å². The van der Waals surface area contributed by atoms with E-state index in [0.717, 1.165) is 17.7 Å². The fraction of sp³-hybridized carbons (Fsp3) is 0.263. The summed E-state index contributed by atoms with van der Waals surface area (Å²) in [6.07, 6.45) is 0.858. The van der Waals surface area contributed by atoms with Gasteiger partial charge in [0.2, 0.25) is 0 Å². The maximum atomic E-state index is 11.4. The molecular weight excluding hydrogens is 308 g/mol. The van der Waals surface area contributed by atoms with E-state index in [4.69, 9.17) is 4.74 Å². The van der Waals surface area contributed by atoms with E-state index in [1.54, 1.807) is 6.92 Å². The van der Waals surface area contributed by atoms with Gasteiger partial charge in [0, 0.05) is 17.7 Å². The highest BCUT2D eigenvalue weighted by molar-refractivity contribution is 7.91. The molecule has 0 saturated heterocycles. The van der Waals surface area contributed by atoms with E-state index in [1.807, 2.05) is 42.5 Å². The Balaban J connectivity index is 1.84. The molecule has 0 spiro atoms. The summed E-state index contributed by atoms with van der Waals surface area (Å²) in [6, 6.07) is 17.6. The Labute approximate surface area is 138 Å². The summed E-state index contributed by atoms with van der Waals surface area (Å²) < 4.78 is 28.4. The summed E-state index contributed by atoms with van der Waals surface area (Å²) in [7, 11) is -3.03. The van der Waals surface area contributed by atoms with Crippen molar-refractivity contribution in [2.24, 2.45) is 0 Å². The molecule has 0 aliphatic rings. The van der Waals surface area contributed by atoms with Gasteiger partial charge in [0.05, 0.1) is 6.61 Å². The molecule has 0 aliphatic heterocycles. The number of benzene rings is 2. The van der Waals surface area contributed by atoms with Crippen LogP contribution in [0.1, 0.15) is 18.1 Å². The topological polar surface area (TPSA) is 43.4 Å². The number of rotatable bonds is 6. The molecule has 0 saturated carbocycles. The van der Waals surface area contributed by atoms with Gasteiger partial charge in [-0.25, -0.2) is 8.42 Å². The van der Waals surface area contributed by atoms with Crippen LogP contribution in [0.15, 0.2) is 54.6 Å². The largest absolute Gasteiger partial charge is 0.493 e. The molecule has 120 valence electrons. The van der Waals surface area contributed by atoms with Crippen LogP contribution in [0.3, 0.4) is 0 Å². The van der Waals surface area contributed by atoms with E-state index in [-0.39, 0.29) is 11.5 Å². The SMILES string of the molecule is CCS(=O)(=O)CC#Cc1ccc(OCCc2ccccc2)cc1. The second-order valence-corrected chi connectivity index (χ2v) is 7.44. The molecular formula is C19H20O3S. The van der Waals surface area contributed by atoms with Gasteiger partial charge in [0.15, 0.2) is 9.84 Å². The van der Waals surface area contributed by atoms with Crippen LogP contribution in [-0.4, -0.2) is 26.5 Å². The van der Waals surface area contributed by atoms with Gasteiger partial charge in [0.1, 0.15) is 11.5 Å². The lowest BCUT2D eigenvalue weighted by molar-refractivity contribution is 0.322. The summed E-state index contributed by atoms with van der Waals surface area (Å²) >= 11 is 0. The molecule has 0 atom stereocenters. The third-order valence-electron chi connectivity index (χ3n) is 3.32. The van der Waals surface area contributed by atoms with Crippen LogP contribution in [0.25, 0.3) is 0 Å². The molecule has 2 aromatic rings. The maximum Gasteiger partial charge on any atom is 0.161 e. The predicted octanol–water partition coefficient (Wildman–Crippen LogP) is 3.09. The number of hydrogen-bond acceptors (Lipinski definition) is 3. The summed E-state index contributed by atoms with van der Waals surface area (Å²) in [5.41, 5.74) is 2.03. The molecule has 3 nitrogen and oxygen atoms in total. The molecule has 2 rings (SSSR count). The molecule has 0 unspecified atom stereocenters. The summed E-state index contributed by atoms with van der Waals surface area (Å²) in [6.45, 7) is 2.24. The normalized spacial score (nSPS) is 10.7. The average Bonchev–Trinajstić information content (AvgIpc) is 2.57. The van der Waals surface area contributed by atoms with Gasteiger partial charge in [0.25, 0.3) is 0 Å². The highest BCUT2D eigenvalue weighted by atomic mass is 32.2. The third kappa shape index (κ3) is 6.17. The van der Waals surface area contributed by atoms with Gasteiger partial charge >= 0.3 is 0 Å². The zero-order valence-electron chi connectivity index (χ0n) is 13.2. The highest BCUT2D eigenvalue weighted by Crippen LogP contribution is 2.12. The summed E-state index contributed by atoms with van der Waals surface area (Å²) in [5, 5.41) is 0. The first kappa shape index (κ1) is 17.1. The van der Waals surface area contributed by atoms with Crippen molar-refractivity contribution in [2.45, 2.75) is 13.3 Å². The van der Waals surface area contributed by atoms with Crippen molar-refractivity contribution in [1.82, 2.24) is 0 Å². The van der Waals surface area contributed by atoms with Crippen molar-refractivity contribution in [2.75, 3.05) is 18.1 Å². The molecule has 0 bridgehead atoms. The second-order valence-electron chi connectivity index (χ2n) is 5.09. The summed E-state index contributed by atoms with van der Waals surface area (Å²) in [4.78, 5) is 0. The van der Waals surface area contributed by atoms with E-state index < -0.39 is 9.84 Å². The monoisotopic (exact) mass is 328 g/mol. The molecule has 0 amide bonds. The number of sulfone groups is 1. The van der Waals surface area contributed by atoms with E-state index in [1.165, 1.54) is 5.56 Å². The molecule has 0 aliphatic carbocycles. The standard InChI is InChI=1S/C19H20O3S/c1-2-23(20,21)16-6-9-18-10-12-19(13-11-18)22-15-14-17-7-4-3-5-8-17/h3-5,7-8,10-13H,2,14-16H2,1H3. The molecule has 4 heteroatoms. The zero-order chi connectivity index (χ0) is 16.5. The van der Waals surface area contributed by atoms with Gasteiger partial charge in [-0.2, -0.15) is 0 Å². The van der Waals surface area contributed by atoms with Crippen molar-refractivity contribution in [3.63, 3.8) is 0 Å². The second kappa shape index (κ2) is 8.40. The van der Waals surface area contributed by atoms with Gasteiger partial charge in [-0.15, -0.1) is 0 Å². The Morgan fingerprint density at radius 1 is 1.00 bits per heavy atom. The van der Waals surface area contributed by atoms with Gasteiger partial charge in [-0.1, -0.05) is 49.1 Å². The quantitative estimate of drug-likeness (QED) is 0.765. The number of ether oxygens (including phenoxy) is 1. The Morgan fingerprint density at radius 2 is 1.70 bits per heavy atom. The average molecular weight is 328 g/mol. The lowest BCUT2D eigenvalue weighted by Crippen LogP contribution is -2.06. The van der Waals surface area contributed by atoms with Crippen LogP contribution in [0, 0.1) is 11.8 Å². The van der Waals surface area contributed by atoms with Crippen LogP contribution >= 0.6 is 0 Å². The first-order valence-corrected chi connectivity index (χ1v) is 9.37. The molecule has 0 fully saturated rings. The van der Waals surface area contributed by atoms with E-state index >= 15 is 0 Å². The lowest BCUT2D eigenvalue weighted by Gasteiger charge is -2.06. The van der Waals surface area contributed by atoms with Crippen LogP contribution in [0.4, 0.5) is 0 Å². The van der Waals surface area contributed by atoms with Crippen LogP contribution in [0.2, 0.25) is 0 Å². The van der Waals surface area contributed by atoms with Crippen LogP contribution in [0.5, 0.6) is 5.75 Å². The minimum Gasteiger partial charge on any atom is -0.493 e. The fourth-order valence-electron chi connectivity index (χ4n) is 1.92. The third-order valence-corrected chi connectivity index (χ3v) is 4.79. The minimum absolute atomic E-state index is 0.0984. The first-order valence-electron chi connectivity index (χ1n) is 7.55. The predicted molar refractivity (Wildman–Crippen MR) is 93.3 cm³/mol. The van der Waals surface area contributed by atoms with E-state index in [0.29, 0.717) is 6.61 Å². The Morgan fingerprint density at radius 3 is 2.35 bits per heavy atom. The Hall–Kier alpha value is -2.25. The first-order chi connectivity index (χ1) is 11.1. The van der Waals surface area contributed by atoms with E-state index in [2.05, 4.69) is 24.0 Å². The van der Waals surface area contributed by atoms with Crippen molar-refractivity contribution >= 4 is 9.84 Å². The summed E-state index contributed by atoms with van der Waals surface area (Å²) in [5.74, 6) is 6.37. The van der Waals surface area contributed by atoms with Crippen molar-refractivity contribution in [3.05, 3.63) is 65.7 Å². The smallest absolute Gasteiger partial charge is 0.161 e. The lowest BCUT2D eigenvalue weighted by atomic mass is 10.2. The van der Waals surface area contributed by atoms with Crippen LogP contribution < -0.4 is 4.74 Å². The minimum atomic E-state index is -3.03. The van der Waals surface area contributed by atoms with Gasteiger partial charge in [-0.3, -0.25) is 0 Å². The molecule has 23 heavy (non-hydrogen) atoms.